The van der Waals surface area contributed by atoms with Crippen molar-refractivity contribution in [3.8, 4) is 5.75 Å². The largest absolute Gasteiger partial charge is 0.484 e. The Hall–Kier alpha value is -0.970. The molecular weight excluding hydrogens is 287 g/mol. The molecule has 0 unspecified atom stereocenters. The van der Waals surface area contributed by atoms with Crippen LogP contribution in [0.5, 0.6) is 5.75 Å². The summed E-state index contributed by atoms with van der Waals surface area (Å²) in [4.78, 5) is 11.7. The number of benzene rings is 1. The molecule has 3 rings (SSSR count). The molecule has 2 aliphatic rings. The van der Waals surface area contributed by atoms with E-state index in [1.54, 1.807) is 24.3 Å². The fraction of sp³-hybridized carbons (Fsp3) is 0.462. The number of hydrogen-bond acceptors (Lipinski definition) is 3. The normalized spacial score (nSPS) is 27.1. The van der Waals surface area contributed by atoms with Crippen molar-refractivity contribution in [3.05, 3.63) is 29.3 Å². The molecule has 0 aromatic heterocycles. The van der Waals surface area contributed by atoms with Gasteiger partial charge in [0, 0.05) is 24.2 Å². The molecule has 1 saturated carbocycles. The van der Waals surface area contributed by atoms with Crippen LogP contribution in [0.25, 0.3) is 0 Å². The van der Waals surface area contributed by atoms with Crippen LogP contribution >= 0.6 is 24.0 Å². The van der Waals surface area contributed by atoms with Crippen LogP contribution in [0.2, 0.25) is 5.02 Å². The summed E-state index contributed by atoms with van der Waals surface area (Å²) in [5.41, 5.74) is 0. The van der Waals surface area contributed by atoms with Crippen molar-refractivity contribution in [1.82, 2.24) is 10.6 Å². The van der Waals surface area contributed by atoms with Crippen LogP contribution in [0.15, 0.2) is 24.3 Å². The number of piperidine rings is 1. The first-order chi connectivity index (χ1) is 8.74. The van der Waals surface area contributed by atoms with Crippen LogP contribution in [-0.2, 0) is 4.79 Å². The zero-order chi connectivity index (χ0) is 12.5. The highest BCUT2D eigenvalue weighted by Gasteiger charge is 2.53. The van der Waals surface area contributed by atoms with Crippen molar-refractivity contribution in [3.63, 3.8) is 0 Å². The summed E-state index contributed by atoms with van der Waals surface area (Å²) >= 11 is 5.77. The Labute approximate surface area is 123 Å². The smallest absolute Gasteiger partial charge is 0.258 e. The van der Waals surface area contributed by atoms with Crippen LogP contribution in [0.3, 0.4) is 0 Å². The molecule has 1 heterocycles. The van der Waals surface area contributed by atoms with Crippen molar-refractivity contribution in [1.29, 1.82) is 0 Å². The Morgan fingerprint density at radius 2 is 1.95 bits per heavy atom. The Kier molecular flexibility index (Phi) is 4.55. The Balaban J connectivity index is 0.00000133. The highest BCUT2D eigenvalue weighted by Crippen LogP contribution is 2.41. The Morgan fingerprint density at radius 1 is 1.32 bits per heavy atom. The van der Waals surface area contributed by atoms with Gasteiger partial charge in [0.15, 0.2) is 6.61 Å². The molecule has 2 N–H and O–H groups in total. The van der Waals surface area contributed by atoms with E-state index in [0.29, 0.717) is 28.6 Å². The molecule has 6 heteroatoms. The zero-order valence-corrected chi connectivity index (χ0v) is 11.8. The van der Waals surface area contributed by atoms with Gasteiger partial charge in [0.2, 0.25) is 0 Å². The lowest BCUT2D eigenvalue weighted by molar-refractivity contribution is -0.123. The highest BCUT2D eigenvalue weighted by atomic mass is 35.5. The fourth-order valence-corrected chi connectivity index (χ4v) is 2.67. The van der Waals surface area contributed by atoms with E-state index in [2.05, 4.69) is 10.6 Å². The summed E-state index contributed by atoms with van der Waals surface area (Å²) in [6, 6.07) is 7.35. The number of rotatable bonds is 4. The average Bonchev–Trinajstić information content (AvgIpc) is 2.81. The second-order valence-electron chi connectivity index (χ2n) is 4.82. The molecule has 3 atom stereocenters. The minimum Gasteiger partial charge on any atom is -0.484 e. The lowest BCUT2D eigenvalue weighted by Gasteiger charge is -2.09. The Bertz CT molecular complexity index is 442. The van der Waals surface area contributed by atoms with E-state index in [9.17, 15) is 4.79 Å². The topological polar surface area (TPSA) is 50.4 Å². The second-order valence-corrected chi connectivity index (χ2v) is 5.26. The molecule has 0 radical (unpaired) electrons. The van der Waals surface area contributed by atoms with Crippen LogP contribution < -0.4 is 15.4 Å². The standard InChI is InChI=1S/C13H15ClN2O2.ClH/c14-8-1-3-9(4-2-8)18-7-12(17)16-13-10-5-15-6-11(10)13;/h1-4,10-11,13,15H,5-7H2,(H,16,17);1H/t10-,11+,13+;. The number of ether oxygens (including phenoxy) is 1. The van der Waals surface area contributed by atoms with Crippen LogP contribution in [0, 0.1) is 11.8 Å². The summed E-state index contributed by atoms with van der Waals surface area (Å²) in [5, 5.41) is 6.96. The van der Waals surface area contributed by atoms with Gasteiger partial charge in [-0.1, -0.05) is 11.6 Å². The molecule has 1 aliphatic heterocycles. The van der Waals surface area contributed by atoms with Crippen LogP contribution in [0.1, 0.15) is 0 Å². The van der Waals surface area contributed by atoms with Gasteiger partial charge in [0.1, 0.15) is 5.75 Å². The first-order valence-electron chi connectivity index (χ1n) is 6.12. The summed E-state index contributed by atoms with van der Waals surface area (Å²) in [7, 11) is 0. The molecule has 19 heavy (non-hydrogen) atoms. The number of hydrogen-bond donors (Lipinski definition) is 2. The lowest BCUT2D eigenvalue weighted by Crippen LogP contribution is -2.35. The van der Waals surface area contributed by atoms with Gasteiger partial charge in [0.05, 0.1) is 0 Å². The molecule has 1 amide bonds. The molecule has 0 bridgehead atoms. The summed E-state index contributed by atoms with van der Waals surface area (Å²) in [6.45, 7) is 2.10. The van der Waals surface area contributed by atoms with E-state index >= 15 is 0 Å². The van der Waals surface area contributed by atoms with Gasteiger partial charge in [-0.15, -0.1) is 12.4 Å². The highest BCUT2D eigenvalue weighted by molar-refractivity contribution is 6.30. The predicted octanol–water partition coefficient (Wildman–Crippen LogP) is 1.47. The minimum absolute atomic E-state index is 0. The maximum absolute atomic E-state index is 11.7. The zero-order valence-electron chi connectivity index (χ0n) is 10.3. The fourth-order valence-electron chi connectivity index (χ4n) is 2.54. The van der Waals surface area contributed by atoms with Crippen LogP contribution in [-0.4, -0.2) is 31.6 Å². The number of nitrogens with one attached hydrogen (secondary N) is 2. The molecule has 1 aromatic rings. The summed E-state index contributed by atoms with van der Waals surface area (Å²) < 4.78 is 5.39. The number of fused-ring (bicyclic) bond motifs is 1. The third-order valence-electron chi connectivity index (χ3n) is 3.60. The monoisotopic (exact) mass is 302 g/mol. The average molecular weight is 303 g/mol. The first kappa shape index (κ1) is 14.4. The third-order valence-corrected chi connectivity index (χ3v) is 3.85. The van der Waals surface area contributed by atoms with Gasteiger partial charge in [-0.05, 0) is 36.1 Å². The van der Waals surface area contributed by atoms with Crippen molar-refractivity contribution in [2.75, 3.05) is 19.7 Å². The number of carbonyl (C=O) groups excluding carboxylic acids is 1. The molecule has 0 spiro atoms. The maximum Gasteiger partial charge on any atom is 0.258 e. The second kappa shape index (κ2) is 5.99. The minimum atomic E-state index is -0.0515. The molecule has 1 aromatic carbocycles. The van der Waals surface area contributed by atoms with Crippen molar-refractivity contribution < 1.29 is 9.53 Å². The number of amides is 1. The van der Waals surface area contributed by atoms with Crippen molar-refractivity contribution in [2.45, 2.75) is 6.04 Å². The maximum atomic E-state index is 11.7. The Morgan fingerprint density at radius 3 is 2.58 bits per heavy atom. The molecule has 1 aliphatic carbocycles. The molecule has 104 valence electrons. The van der Waals surface area contributed by atoms with E-state index < -0.39 is 0 Å². The van der Waals surface area contributed by atoms with E-state index in [1.807, 2.05) is 0 Å². The SMILES string of the molecule is Cl.O=C(COc1ccc(Cl)cc1)N[C@H]1[C@@H]2CNC[C@@H]21. The molecule has 4 nitrogen and oxygen atoms in total. The molecule has 1 saturated heterocycles. The lowest BCUT2D eigenvalue weighted by atomic mass is 10.3. The summed E-state index contributed by atoms with van der Waals surface area (Å²) in [5.74, 6) is 1.87. The van der Waals surface area contributed by atoms with E-state index in [4.69, 9.17) is 16.3 Å². The quantitative estimate of drug-likeness (QED) is 0.886. The van der Waals surface area contributed by atoms with Crippen LogP contribution in [0.4, 0.5) is 0 Å². The van der Waals surface area contributed by atoms with Gasteiger partial charge in [-0.2, -0.15) is 0 Å². The predicted molar refractivity (Wildman–Crippen MR) is 76.0 cm³/mol. The van der Waals surface area contributed by atoms with Crippen molar-refractivity contribution >= 4 is 29.9 Å². The number of carbonyl (C=O) groups is 1. The van der Waals surface area contributed by atoms with E-state index in [0.717, 1.165) is 13.1 Å². The molecule has 2 fully saturated rings. The van der Waals surface area contributed by atoms with Gasteiger partial charge in [-0.3, -0.25) is 4.79 Å². The van der Waals surface area contributed by atoms with E-state index in [1.165, 1.54) is 0 Å². The molecular formula is C13H16Cl2N2O2. The van der Waals surface area contributed by atoms with Crippen molar-refractivity contribution in [2.24, 2.45) is 11.8 Å². The third kappa shape index (κ3) is 3.32. The van der Waals surface area contributed by atoms with Gasteiger partial charge >= 0.3 is 0 Å². The van der Waals surface area contributed by atoms with Gasteiger partial charge in [-0.25, -0.2) is 0 Å². The first-order valence-corrected chi connectivity index (χ1v) is 6.50. The van der Waals surface area contributed by atoms with E-state index in [-0.39, 0.29) is 24.9 Å². The summed E-state index contributed by atoms with van der Waals surface area (Å²) in [6.07, 6.45) is 0. The van der Waals surface area contributed by atoms with Gasteiger partial charge < -0.3 is 15.4 Å². The number of halogens is 2. The van der Waals surface area contributed by atoms with Gasteiger partial charge in [0.25, 0.3) is 5.91 Å².